The Hall–Kier alpha value is -3.19. The Bertz CT molecular complexity index is 1010. The molecule has 0 spiro atoms. The number of aliphatic hydroxyl groups excluding tert-OH is 1. The van der Waals surface area contributed by atoms with Crippen molar-refractivity contribution in [3.8, 4) is 0 Å². The molecule has 0 saturated heterocycles. The Morgan fingerprint density at radius 2 is 1.85 bits per heavy atom. The number of fused-ring (bicyclic) bond motifs is 1. The number of amides is 1. The van der Waals surface area contributed by atoms with E-state index in [1.165, 1.54) is 23.3 Å². The molecule has 0 radical (unpaired) electrons. The van der Waals surface area contributed by atoms with E-state index in [1.54, 1.807) is 24.3 Å². The van der Waals surface area contributed by atoms with Gasteiger partial charge in [0.25, 0.3) is 5.91 Å². The van der Waals surface area contributed by atoms with Crippen molar-refractivity contribution in [1.82, 2.24) is 4.98 Å². The zero-order valence-electron chi connectivity index (χ0n) is 13.7. The van der Waals surface area contributed by atoms with Crippen LogP contribution < -0.4 is 4.90 Å². The van der Waals surface area contributed by atoms with Crippen LogP contribution in [0.15, 0.2) is 65.9 Å². The van der Waals surface area contributed by atoms with Crippen molar-refractivity contribution < 1.29 is 19.4 Å². The number of anilines is 1. The summed E-state index contributed by atoms with van der Waals surface area (Å²) < 4.78 is 5.71. The summed E-state index contributed by atoms with van der Waals surface area (Å²) in [6.07, 6.45) is 0. The highest BCUT2D eigenvalue weighted by atomic mass is 32.1. The van der Waals surface area contributed by atoms with Crippen LogP contribution in [0.4, 0.5) is 5.13 Å². The van der Waals surface area contributed by atoms with Gasteiger partial charge in [-0.1, -0.05) is 53.8 Å². The normalized spacial score (nSPS) is 17.2. The summed E-state index contributed by atoms with van der Waals surface area (Å²) in [4.78, 5) is 30.9. The first-order valence-corrected chi connectivity index (χ1v) is 8.69. The molecule has 1 atom stereocenters. The number of carbonyl (C=O) groups is 2. The molecule has 1 amide bonds. The van der Waals surface area contributed by atoms with Crippen LogP contribution in [-0.2, 0) is 14.3 Å². The number of para-hydroxylation sites is 1. The SMILES string of the molecule is COC(=O)C1=C(O)C(=O)N(c2nc3ccccc3s2)C1c1ccccc1. The minimum absolute atomic E-state index is 0.0806. The second kappa shape index (κ2) is 6.27. The number of benzene rings is 2. The fourth-order valence-electron chi connectivity index (χ4n) is 3.03. The maximum Gasteiger partial charge on any atom is 0.340 e. The van der Waals surface area contributed by atoms with E-state index in [4.69, 9.17) is 4.74 Å². The predicted molar refractivity (Wildman–Crippen MR) is 98.0 cm³/mol. The largest absolute Gasteiger partial charge is 0.503 e. The third-order valence-corrected chi connectivity index (χ3v) is 5.25. The lowest BCUT2D eigenvalue weighted by Gasteiger charge is -2.23. The van der Waals surface area contributed by atoms with Crippen LogP contribution in [0.25, 0.3) is 10.2 Å². The van der Waals surface area contributed by atoms with E-state index in [0.717, 1.165) is 10.2 Å². The van der Waals surface area contributed by atoms with Crippen LogP contribution in [0.1, 0.15) is 11.6 Å². The van der Waals surface area contributed by atoms with E-state index in [-0.39, 0.29) is 5.57 Å². The third kappa shape index (κ3) is 2.44. The molecule has 0 aliphatic carbocycles. The molecule has 1 N–H and O–H groups in total. The molecule has 2 heterocycles. The summed E-state index contributed by atoms with van der Waals surface area (Å²) in [6.45, 7) is 0. The van der Waals surface area contributed by atoms with Crippen molar-refractivity contribution in [3.63, 3.8) is 0 Å². The van der Waals surface area contributed by atoms with E-state index in [2.05, 4.69) is 4.98 Å². The van der Waals surface area contributed by atoms with Crippen LogP contribution in [0, 0.1) is 0 Å². The first kappa shape index (κ1) is 16.3. The van der Waals surface area contributed by atoms with Crippen molar-refractivity contribution in [2.24, 2.45) is 0 Å². The van der Waals surface area contributed by atoms with Crippen molar-refractivity contribution >= 4 is 38.6 Å². The van der Waals surface area contributed by atoms with Gasteiger partial charge in [0.2, 0.25) is 0 Å². The lowest BCUT2D eigenvalue weighted by atomic mass is 10.00. The minimum atomic E-state index is -0.795. The quantitative estimate of drug-likeness (QED) is 0.719. The lowest BCUT2D eigenvalue weighted by molar-refractivity contribution is -0.136. The number of aromatic nitrogens is 1. The average molecular weight is 366 g/mol. The molecule has 130 valence electrons. The smallest absolute Gasteiger partial charge is 0.340 e. The summed E-state index contributed by atoms with van der Waals surface area (Å²) >= 11 is 1.32. The number of nitrogens with zero attached hydrogens (tertiary/aromatic N) is 2. The molecular formula is C19H14N2O4S. The van der Waals surface area contributed by atoms with Crippen LogP contribution >= 0.6 is 11.3 Å². The Kier molecular flexibility index (Phi) is 3.93. The fraction of sp³-hybridized carbons (Fsp3) is 0.105. The Morgan fingerprint density at radius 1 is 1.15 bits per heavy atom. The number of esters is 1. The molecule has 3 aromatic rings. The Labute approximate surface area is 153 Å². The molecule has 1 aliphatic rings. The van der Waals surface area contributed by atoms with Gasteiger partial charge in [-0.05, 0) is 17.7 Å². The molecule has 6 nitrogen and oxygen atoms in total. The number of carbonyl (C=O) groups excluding carboxylic acids is 2. The molecule has 26 heavy (non-hydrogen) atoms. The highest BCUT2D eigenvalue weighted by Gasteiger charge is 2.46. The highest BCUT2D eigenvalue weighted by Crippen LogP contribution is 2.43. The molecule has 2 aromatic carbocycles. The van der Waals surface area contributed by atoms with Gasteiger partial charge in [-0.3, -0.25) is 9.69 Å². The van der Waals surface area contributed by atoms with Crippen molar-refractivity contribution in [2.75, 3.05) is 12.0 Å². The van der Waals surface area contributed by atoms with Crippen LogP contribution in [-0.4, -0.2) is 29.1 Å². The molecule has 1 aromatic heterocycles. The van der Waals surface area contributed by atoms with E-state index in [1.807, 2.05) is 30.3 Å². The van der Waals surface area contributed by atoms with Gasteiger partial charge in [0.1, 0.15) is 11.6 Å². The standard InChI is InChI=1S/C19H14N2O4S/c1-25-18(24)14-15(11-7-3-2-4-8-11)21(17(23)16(14)22)19-20-12-9-5-6-10-13(12)26-19/h2-10,15,22H,1H3. The van der Waals surface area contributed by atoms with Crippen molar-refractivity contribution in [2.45, 2.75) is 6.04 Å². The summed E-state index contributed by atoms with van der Waals surface area (Å²) in [5.41, 5.74) is 1.35. The molecule has 4 rings (SSSR count). The fourth-order valence-corrected chi connectivity index (χ4v) is 4.03. The van der Waals surface area contributed by atoms with Crippen LogP contribution in [0.5, 0.6) is 0 Å². The Morgan fingerprint density at radius 3 is 2.54 bits per heavy atom. The third-order valence-electron chi connectivity index (χ3n) is 4.22. The van der Waals surface area contributed by atoms with E-state index in [0.29, 0.717) is 10.7 Å². The van der Waals surface area contributed by atoms with E-state index < -0.39 is 23.7 Å². The first-order valence-electron chi connectivity index (χ1n) is 7.87. The number of hydrogen-bond donors (Lipinski definition) is 1. The molecular weight excluding hydrogens is 352 g/mol. The molecule has 1 unspecified atom stereocenters. The van der Waals surface area contributed by atoms with E-state index in [9.17, 15) is 14.7 Å². The second-order valence-corrected chi connectivity index (χ2v) is 6.72. The maximum absolute atomic E-state index is 12.8. The van der Waals surface area contributed by atoms with Crippen molar-refractivity contribution in [1.29, 1.82) is 0 Å². The number of thiazole rings is 1. The van der Waals surface area contributed by atoms with Gasteiger partial charge in [-0.15, -0.1) is 0 Å². The lowest BCUT2D eigenvalue weighted by Crippen LogP contribution is -2.31. The second-order valence-electron chi connectivity index (χ2n) is 5.71. The van der Waals surface area contributed by atoms with Crippen molar-refractivity contribution in [3.05, 3.63) is 71.5 Å². The Balaban J connectivity index is 1.90. The monoisotopic (exact) mass is 366 g/mol. The van der Waals surface area contributed by atoms with E-state index >= 15 is 0 Å². The average Bonchev–Trinajstić information content (AvgIpc) is 3.21. The van der Waals surface area contributed by atoms with Crippen LogP contribution in [0.2, 0.25) is 0 Å². The van der Waals surface area contributed by atoms with Gasteiger partial charge in [-0.2, -0.15) is 0 Å². The topological polar surface area (TPSA) is 79.7 Å². The highest BCUT2D eigenvalue weighted by molar-refractivity contribution is 7.22. The zero-order chi connectivity index (χ0) is 18.3. The molecule has 0 bridgehead atoms. The summed E-state index contributed by atoms with van der Waals surface area (Å²) in [7, 11) is 1.22. The van der Waals surface area contributed by atoms with Gasteiger partial charge in [0.15, 0.2) is 10.9 Å². The number of rotatable bonds is 3. The van der Waals surface area contributed by atoms with Crippen LogP contribution in [0.3, 0.4) is 0 Å². The maximum atomic E-state index is 12.8. The van der Waals surface area contributed by atoms with Gasteiger partial charge >= 0.3 is 5.97 Å². The number of aliphatic hydroxyl groups is 1. The van der Waals surface area contributed by atoms with Gasteiger partial charge in [-0.25, -0.2) is 9.78 Å². The van der Waals surface area contributed by atoms with Gasteiger partial charge in [0.05, 0.1) is 17.3 Å². The predicted octanol–water partition coefficient (Wildman–Crippen LogP) is 3.37. The molecule has 1 aliphatic heterocycles. The summed E-state index contributed by atoms with van der Waals surface area (Å²) in [6, 6.07) is 15.7. The van der Waals surface area contributed by atoms with Gasteiger partial charge < -0.3 is 9.84 Å². The minimum Gasteiger partial charge on any atom is -0.503 e. The van der Waals surface area contributed by atoms with Gasteiger partial charge in [0, 0.05) is 0 Å². The number of methoxy groups -OCH3 is 1. The number of ether oxygens (including phenoxy) is 1. The summed E-state index contributed by atoms with van der Waals surface area (Å²) in [5.74, 6) is -2.02. The molecule has 0 fully saturated rings. The number of hydrogen-bond acceptors (Lipinski definition) is 6. The molecule has 0 saturated carbocycles. The first-order chi connectivity index (χ1) is 12.6. The summed E-state index contributed by atoms with van der Waals surface area (Å²) in [5, 5.41) is 10.8. The zero-order valence-corrected chi connectivity index (χ0v) is 14.6. The molecule has 7 heteroatoms.